The van der Waals surface area contributed by atoms with E-state index in [9.17, 15) is 17.6 Å². The molecule has 1 aromatic heterocycles. The summed E-state index contributed by atoms with van der Waals surface area (Å²) in [6.07, 6.45) is 2.85. The van der Waals surface area contributed by atoms with Gasteiger partial charge < -0.3 is 14.8 Å². The number of aryl methyl sites for hydroxylation is 1. The van der Waals surface area contributed by atoms with Gasteiger partial charge in [0.2, 0.25) is 0 Å². The fraction of sp³-hybridized carbons (Fsp3) is 0.476. The summed E-state index contributed by atoms with van der Waals surface area (Å²) in [4.78, 5) is 15.0. The topological polar surface area (TPSA) is 71.4 Å². The van der Waals surface area contributed by atoms with Crippen LogP contribution in [0.5, 0.6) is 0 Å². The summed E-state index contributed by atoms with van der Waals surface area (Å²) in [6, 6.07) is 8.14. The van der Waals surface area contributed by atoms with E-state index in [-0.39, 0.29) is 23.5 Å². The van der Waals surface area contributed by atoms with Crippen LogP contribution in [0.15, 0.2) is 30.3 Å². The van der Waals surface area contributed by atoms with E-state index in [1.165, 1.54) is 18.4 Å². The molecule has 2 aromatic rings. The molecule has 1 fully saturated rings. The van der Waals surface area contributed by atoms with Crippen molar-refractivity contribution < 1.29 is 17.6 Å². The van der Waals surface area contributed by atoms with Crippen LogP contribution < -0.4 is 5.32 Å². The van der Waals surface area contributed by atoms with Crippen LogP contribution in [-0.4, -0.2) is 61.5 Å². The number of sulfone groups is 1. The Morgan fingerprint density at radius 1 is 1.17 bits per heavy atom. The number of rotatable bonds is 6. The predicted octanol–water partition coefficient (Wildman–Crippen LogP) is 2.47. The molecule has 0 spiro atoms. The maximum Gasteiger partial charge on any atom is 0.253 e. The minimum atomic E-state index is -2.96. The Bertz CT molecular complexity index is 975. The number of halogens is 1. The maximum absolute atomic E-state index is 13.2. The quantitative estimate of drug-likeness (QED) is 0.778. The van der Waals surface area contributed by atoms with Gasteiger partial charge >= 0.3 is 0 Å². The number of nitrogens with zero attached hydrogens (tertiary/aromatic N) is 2. The number of amides is 1. The summed E-state index contributed by atoms with van der Waals surface area (Å²) in [6.45, 7) is 5.90. The molecule has 1 amide bonds. The van der Waals surface area contributed by atoms with Gasteiger partial charge in [0.05, 0.1) is 11.3 Å². The van der Waals surface area contributed by atoms with Crippen LogP contribution in [0.4, 0.5) is 4.39 Å². The van der Waals surface area contributed by atoms with Crippen LogP contribution in [-0.2, 0) is 9.84 Å². The van der Waals surface area contributed by atoms with Gasteiger partial charge in [0.15, 0.2) is 0 Å². The third-order valence-electron chi connectivity index (χ3n) is 5.46. The standard InChI is InChI=1S/C21H28FN3O3S/c1-15-14-20(16(2)25(15)19-6-4-17(22)5-7-19)21(26)23-18-8-10-24(11-9-18)12-13-29(3,27)28/h4-7,14,18H,8-13H2,1-3H3,(H,23,26). The molecule has 3 rings (SSSR count). The maximum atomic E-state index is 13.2. The molecule has 1 aliphatic heterocycles. The molecule has 0 aliphatic carbocycles. The summed E-state index contributed by atoms with van der Waals surface area (Å²) in [7, 11) is -2.96. The molecule has 1 aromatic carbocycles. The van der Waals surface area contributed by atoms with Crippen molar-refractivity contribution in [3.8, 4) is 5.69 Å². The second-order valence-electron chi connectivity index (χ2n) is 7.82. The van der Waals surface area contributed by atoms with E-state index in [1.807, 2.05) is 24.5 Å². The van der Waals surface area contributed by atoms with Crippen molar-refractivity contribution in [2.45, 2.75) is 32.7 Å². The van der Waals surface area contributed by atoms with Gasteiger partial charge in [-0.1, -0.05) is 0 Å². The second kappa shape index (κ2) is 8.67. The molecule has 1 aliphatic rings. The van der Waals surface area contributed by atoms with Crippen LogP contribution in [0.1, 0.15) is 34.6 Å². The number of hydrogen-bond acceptors (Lipinski definition) is 4. The Hall–Kier alpha value is -2.19. The highest BCUT2D eigenvalue weighted by Crippen LogP contribution is 2.22. The first-order valence-corrected chi connectivity index (χ1v) is 11.9. The highest BCUT2D eigenvalue weighted by Gasteiger charge is 2.24. The summed E-state index contributed by atoms with van der Waals surface area (Å²) >= 11 is 0. The molecule has 0 atom stereocenters. The molecule has 29 heavy (non-hydrogen) atoms. The largest absolute Gasteiger partial charge is 0.349 e. The highest BCUT2D eigenvalue weighted by atomic mass is 32.2. The molecule has 2 heterocycles. The van der Waals surface area contributed by atoms with E-state index >= 15 is 0 Å². The van der Waals surface area contributed by atoms with Crippen molar-refractivity contribution in [2.75, 3.05) is 31.6 Å². The predicted molar refractivity (Wildman–Crippen MR) is 112 cm³/mol. The zero-order chi connectivity index (χ0) is 21.2. The van der Waals surface area contributed by atoms with Crippen molar-refractivity contribution in [2.24, 2.45) is 0 Å². The Morgan fingerprint density at radius 2 is 1.79 bits per heavy atom. The number of nitrogens with one attached hydrogen (secondary N) is 1. The van der Waals surface area contributed by atoms with Crippen molar-refractivity contribution >= 4 is 15.7 Å². The summed E-state index contributed by atoms with van der Waals surface area (Å²) in [5.41, 5.74) is 3.16. The molecule has 1 saturated heterocycles. The monoisotopic (exact) mass is 421 g/mol. The fourth-order valence-electron chi connectivity index (χ4n) is 3.84. The minimum absolute atomic E-state index is 0.0749. The van der Waals surface area contributed by atoms with Crippen molar-refractivity contribution in [3.05, 3.63) is 53.1 Å². The van der Waals surface area contributed by atoms with Crippen molar-refractivity contribution in [1.82, 2.24) is 14.8 Å². The Morgan fingerprint density at radius 3 is 2.38 bits per heavy atom. The highest BCUT2D eigenvalue weighted by molar-refractivity contribution is 7.90. The SMILES string of the molecule is Cc1cc(C(=O)NC2CCN(CCS(C)(=O)=O)CC2)c(C)n1-c1ccc(F)cc1. The van der Waals surface area contributed by atoms with Crippen molar-refractivity contribution in [1.29, 1.82) is 0 Å². The molecular weight excluding hydrogens is 393 g/mol. The van der Waals surface area contributed by atoms with E-state index in [0.717, 1.165) is 43.0 Å². The molecule has 0 bridgehead atoms. The molecule has 0 saturated carbocycles. The number of carbonyl (C=O) groups excluding carboxylic acids is 1. The van der Waals surface area contributed by atoms with Gasteiger partial charge in [-0.25, -0.2) is 12.8 Å². The fourth-order valence-corrected chi connectivity index (χ4v) is 4.43. The second-order valence-corrected chi connectivity index (χ2v) is 10.1. The Kier molecular flexibility index (Phi) is 6.43. The van der Waals surface area contributed by atoms with E-state index in [4.69, 9.17) is 0 Å². The minimum Gasteiger partial charge on any atom is -0.349 e. The number of piperidine rings is 1. The third-order valence-corrected chi connectivity index (χ3v) is 6.39. The summed E-state index contributed by atoms with van der Waals surface area (Å²) < 4.78 is 37.8. The molecule has 8 heteroatoms. The van der Waals surface area contributed by atoms with Gasteiger partial charge in [-0.05, 0) is 57.0 Å². The number of hydrogen-bond donors (Lipinski definition) is 1. The van der Waals surface area contributed by atoms with Crippen LogP contribution in [0.3, 0.4) is 0 Å². The molecular formula is C21H28FN3O3S. The number of carbonyl (C=O) groups is 1. The zero-order valence-corrected chi connectivity index (χ0v) is 17.9. The number of aromatic nitrogens is 1. The lowest BCUT2D eigenvalue weighted by molar-refractivity contribution is 0.0912. The normalized spacial score (nSPS) is 16.1. The van der Waals surface area contributed by atoms with E-state index in [2.05, 4.69) is 10.2 Å². The zero-order valence-electron chi connectivity index (χ0n) is 17.1. The molecule has 158 valence electrons. The Labute approximate surface area is 171 Å². The smallest absolute Gasteiger partial charge is 0.253 e. The van der Waals surface area contributed by atoms with Crippen LogP contribution >= 0.6 is 0 Å². The Balaban J connectivity index is 1.62. The van der Waals surface area contributed by atoms with Gasteiger partial charge in [0.1, 0.15) is 15.7 Å². The molecule has 1 N–H and O–H groups in total. The lowest BCUT2D eigenvalue weighted by Gasteiger charge is -2.32. The average Bonchev–Trinajstić information content (AvgIpc) is 2.96. The van der Waals surface area contributed by atoms with E-state index < -0.39 is 9.84 Å². The van der Waals surface area contributed by atoms with Gasteiger partial charge in [-0.3, -0.25) is 4.79 Å². The van der Waals surface area contributed by atoms with Crippen molar-refractivity contribution in [3.63, 3.8) is 0 Å². The molecule has 0 radical (unpaired) electrons. The first kappa shape index (κ1) is 21.5. The van der Waals surface area contributed by atoms with Gasteiger partial charge in [0.25, 0.3) is 5.91 Å². The number of benzene rings is 1. The first-order chi connectivity index (χ1) is 13.6. The van der Waals surface area contributed by atoms with Gasteiger partial charge in [0, 0.05) is 49.0 Å². The van der Waals surface area contributed by atoms with E-state index in [1.54, 1.807) is 12.1 Å². The summed E-state index contributed by atoms with van der Waals surface area (Å²) in [5, 5.41) is 3.11. The lowest BCUT2D eigenvalue weighted by atomic mass is 10.0. The lowest BCUT2D eigenvalue weighted by Crippen LogP contribution is -2.45. The molecule has 0 unspecified atom stereocenters. The van der Waals surface area contributed by atoms with Gasteiger partial charge in [-0.15, -0.1) is 0 Å². The van der Waals surface area contributed by atoms with Crippen LogP contribution in [0, 0.1) is 19.7 Å². The van der Waals surface area contributed by atoms with Crippen LogP contribution in [0.25, 0.3) is 5.69 Å². The molecule has 6 nitrogen and oxygen atoms in total. The third kappa shape index (κ3) is 5.45. The average molecular weight is 422 g/mol. The number of likely N-dealkylation sites (tertiary alicyclic amines) is 1. The van der Waals surface area contributed by atoms with Gasteiger partial charge in [-0.2, -0.15) is 0 Å². The first-order valence-electron chi connectivity index (χ1n) is 9.80. The summed E-state index contributed by atoms with van der Waals surface area (Å²) in [5.74, 6) is -0.238. The van der Waals surface area contributed by atoms with E-state index in [0.29, 0.717) is 12.1 Å². The van der Waals surface area contributed by atoms with Crippen LogP contribution in [0.2, 0.25) is 0 Å².